The summed E-state index contributed by atoms with van der Waals surface area (Å²) in [5.41, 5.74) is 0.0553. The topological polar surface area (TPSA) is 55.6 Å². The molecule has 0 aromatic carbocycles. The number of pyridine rings is 1. The molecule has 5 nitrogen and oxygen atoms in total. The van der Waals surface area contributed by atoms with Crippen LogP contribution in [0.2, 0.25) is 0 Å². The van der Waals surface area contributed by atoms with Gasteiger partial charge in [0.1, 0.15) is 0 Å². The van der Waals surface area contributed by atoms with Crippen LogP contribution in [0.5, 0.6) is 5.88 Å². The average Bonchev–Trinajstić information content (AvgIpc) is 3.29. The summed E-state index contributed by atoms with van der Waals surface area (Å²) in [6.07, 6.45) is 6.75. The number of likely N-dealkylation sites (tertiary alicyclic amines) is 1. The SMILES string of the molecule is O=C(c1ccco1)N1C[C@@H]2CCC[C@]2(COc2ccccn2)C1. The van der Waals surface area contributed by atoms with Crippen LogP contribution in [0.4, 0.5) is 0 Å². The molecule has 2 aliphatic rings. The summed E-state index contributed by atoms with van der Waals surface area (Å²) in [5.74, 6) is 1.57. The van der Waals surface area contributed by atoms with Crippen LogP contribution in [0.3, 0.4) is 0 Å². The Balaban J connectivity index is 1.47. The zero-order valence-corrected chi connectivity index (χ0v) is 13.0. The molecule has 0 N–H and O–H groups in total. The highest BCUT2D eigenvalue weighted by atomic mass is 16.5. The molecule has 0 bridgehead atoms. The quantitative estimate of drug-likeness (QED) is 0.871. The van der Waals surface area contributed by atoms with Crippen LogP contribution in [0, 0.1) is 11.3 Å². The number of hydrogen-bond acceptors (Lipinski definition) is 4. The van der Waals surface area contributed by atoms with E-state index >= 15 is 0 Å². The van der Waals surface area contributed by atoms with Crippen molar-refractivity contribution in [3.8, 4) is 5.88 Å². The fraction of sp³-hybridized carbons (Fsp3) is 0.444. The monoisotopic (exact) mass is 312 g/mol. The van der Waals surface area contributed by atoms with Crippen LogP contribution in [-0.4, -0.2) is 35.5 Å². The number of furan rings is 1. The first kappa shape index (κ1) is 14.3. The van der Waals surface area contributed by atoms with E-state index in [9.17, 15) is 4.79 Å². The number of aromatic nitrogens is 1. The van der Waals surface area contributed by atoms with E-state index in [2.05, 4.69) is 4.98 Å². The van der Waals surface area contributed by atoms with Gasteiger partial charge in [0, 0.05) is 30.8 Å². The Morgan fingerprint density at radius 1 is 1.39 bits per heavy atom. The lowest BCUT2D eigenvalue weighted by molar-refractivity contribution is 0.0714. The third-order valence-electron chi connectivity index (χ3n) is 5.20. The van der Waals surface area contributed by atoms with Crippen molar-refractivity contribution in [3.05, 3.63) is 48.6 Å². The number of rotatable bonds is 4. The van der Waals surface area contributed by atoms with Gasteiger partial charge < -0.3 is 14.1 Å². The predicted octanol–water partition coefficient (Wildman–Crippen LogP) is 3.00. The number of amides is 1. The van der Waals surface area contributed by atoms with Gasteiger partial charge in [-0.15, -0.1) is 0 Å². The molecule has 1 aliphatic carbocycles. The largest absolute Gasteiger partial charge is 0.477 e. The zero-order valence-electron chi connectivity index (χ0n) is 13.0. The Morgan fingerprint density at radius 2 is 2.35 bits per heavy atom. The molecule has 2 aromatic rings. The van der Waals surface area contributed by atoms with Crippen molar-refractivity contribution >= 4 is 5.91 Å². The summed E-state index contributed by atoms with van der Waals surface area (Å²) >= 11 is 0. The van der Waals surface area contributed by atoms with E-state index in [0.717, 1.165) is 25.9 Å². The number of carbonyl (C=O) groups excluding carboxylic acids is 1. The summed E-state index contributed by atoms with van der Waals surface area (Å²) < 4.78 is 11.2. The molecule has 0 unspecified atom stereocenters. The Kier molecular flexibility index (Phi) is 3.56. The smallest absolute Gasteiger partial charge is 0.289 e. The number of hydrogen-bond donors (Lipinski definition) is 0. The average molecular weight is 312 g/mol. The summed E-state index contributed by atoms with van der Waals surface area (Å²) in [4.78, 5) is 18.7. The Hall–Kier alpha value is -2.30. The van der Waals surface area contributed by atoms with E-state index in [1.165, 1.54) is 6.42 Å². The first-order chi connectivity index (χ1) is 11.3. The molecule has 1 saturated carbocycles. The van der Waals surface area contributed by atoms with E-state index < -0.39 is 0 Å². The molecule has 1 saturated heterocycles. The zero-order chi connectivity index (χ0) is 15.7. The van der Waals surface area contributed by atoms with Crippen molar-refractivity contribution in [2.45, 2.75) is 19.3 Å². The summed E-state index contributed by atoms with van der Waals surface area (Å²) in [7, 11) is 0. The van der Waals surface area contributed by atoms with Crippen LogP contribution >= 0.6 is 0 Å². The van der Waals surface area contributed by atoms with Gasteiger partial charge in [0.15, 0.2) is 5.76 Å². The number of carbonyl (C=O) groups is 1. The van der Waals surface area contributed by atoms with Crippen molar-refractivity contribution in [2.75, 3.05) is 19.7 Å². The van der Waals surface area contributed by atoms with Crippen molar-refractivity contribution in [1.29, 1.82) is 0 Å². The minimum atomic E-state index is -0.0124. The molecule has 4 rings (SSSR count). The lowest BCUT2D eigenvalue weighted by Crippen LogP contribution is -2.35. The molecule has 0 radical (unpaired) electrons. The highest BCUT2D eigenvalue weighted by Crippen LogP contribution is 2.49. The van der Waals surface area contributed by atoms with Crippen molar-refractivity contribution in [3.63, 3.8) is 0 Å². The fourth-order valence-electron chi connectivity index (χ4n) is 4.01. The van der Waals surface area contributed by atoms with Crippen LogP contribution in [0.1, 0.15) is 29.8 Å². The van der Waals surface area contributed by atoms with Gasteiger partial charge in [-0.1, -0.05) is 12.5 Å². The molecule has 3 heterocycles. The van der Waals surface area contributed by atoms with Gasteiger partial charge in [-0.2, -0.15) is 0 Å². The Labute approximate surface area is 135 Å². The fourth-order valence-corrected chi connectivity index (χ4v) is 4.01. The molecule has 1 aliphatic heterocycles. The number of fused-ring (bicyclic) bond motifs is 1. The normalized spacial score (nSPS) is 26.3. The molecule has 0 spiro atoms. The molecule has 23 heavy (non-hydrogen) atoms. The maximum atomic E-state index is 12.5. The van der Waals surface area contributed by atoms with Crippen molar-refractivity contribution < 1.29 is 13.9 Å². The Morgan fingerprint density at radius 3 is 3.13 bits per heavy atom. The second-order valence-corrected chi connectivity index (χ2v) is 6.57. The van der Waals surface area contributed by atoms with Gasteiger partial charge >= 0.3 is 0 Å². The molecule has 2 aromatic heterocycles. The molecule has 5 heteroatoms. The molecule has 2 fully saturated rings. The van der Waals surface area contributed by atoms with Gasteiger partial charge in [0.2, 0.25) is 5.88 Å². The highest BCUT2D eigenvalue weighted by molar-refractivity contribution is 5.91. The lowest BCUT2D eigenvalue weighted by Gasteiger charge is -2.28. The van der Waals surface area contributed by atoms with E-state index in [0.29, 0.717) is 24.2 Å². The number of ether oxygens (including phenoxy) is 1. The molecule has 120 valence electrons. The van der Waals surface area contributed by atoms with E-state index in [-0.39, 0.29) is 11.3 Å². The van der Waals surface area contributed by atoms with E-state index in [1.807, 2.05) is 23.1 Å². The van der Waals surface area contributed by atoms with Gasteiger partial charge in [-0.25, -0.2) is 4.98 Å². The standard InChI is InChI=1S/C18H20N2O3/c21-17(15-6-4-10-22-15)20-11-14-5-3-8-18(14,12-20)13-23-16-7-1-2-9-19-16/h1-2,4,6-7,9-10,14H,3,5,8,11-13H2/t14-,18+/m0/s1. The van der Waals surface area contributed by atoms with Crippen LogP contribution in [-0.2, 0) is 0 Å². The third kappa shape index (κ3) is 2.60. The first-order valence-corrected chi connectivity index (χ1v) is 8.13. The summed E-state index contributed by atoms with van der Waals surface area (Å²) in [6.45, 7) is 2.16. The highest BCUT2D eigenvalue weighted by Gasteiger charge is 2.51. The van der Waals surface area contributed by atoms with E-state index in [1.54, 1.807) is 24.6 Å². The van der Waals surface area contributed by atoms with Gasteiger partial charge in [0.25, 0.3) is 5.91 Å². The Bertz CT molecular complexity index is 671. The molecular weight excluding hydrogens is 292 g/mol. The van der Waals surface area contributed by atoms with Crippen LogP contribution < -0.4 is 4.74 Å². The predicted molar refractivity (Wildman–Crippen MR) is 84.1 cm³/mol. The minimum Gasteiger partial charge on any atom is -0.477 e. The lowest BCUT2D eigenvalue weighted by atomic mass is 9.81. The van der Waals surface area contributed by atoms with Crippen molar-refractivity contribution in [2.24, 2.45) is 11.3 Å². The van der Waals surface area contributed by atoms with Gasteiger partial charge in [0.05, 0.1) is 12.9 Å². The summed E-state index contributed by atoms with van der Waals surface area (Å²) in [6, 6.07) is 9.16. The maximum absolute atomic E-state index is 12.5. The molecular formula is C18H20N2O3. The first-order valence-electron chi connectivity index (χ1n) is 8.13. The van der Waals surface area contributed by atoms with Crippen LogP contribution in [0.25, 0.3) is 0 Å². The third-order valence-corrected chi connectivity index (χ3v) is 5.20. The van der Waals surface area contributed by atoms with E-state index in [4.69, 9.17) is 9.15 Å². The second-order valence-electron chi connectivity index (χ2n) is 6.57. The minimum absolute atomic E-state index is 0.0124. The van der Waals surface area contributed by atoms with Gasteiger partial charge in [-0.05, 0) is 37.0 Å². The molecule has 2 atom stereocenters. The summed E-state index contributed by atoms with van der Waals surface area (Å²) in [5, 5.41) is 0. The maximum Gasteiger partial charge on any atom is 0.289 e. The number of nitrogens with zero attached hydrogens (tertiary/aromatic N) is 2. The molecule has 1 amide bonds. The van der Waals surface area contributed by atoms with Gasteiger partial charge in [-0.3, -0.25) is 4.79 Å². The van der Waals surface area contributed by atoms with Crippen LogP contribution in [0.15, 0.2) is 47.2 Å². The van der Waals surface area contributed by atoms with Crippen molar-refractivity contribution in [1.82, 2.24) is 9.88 Å². The second kappa shape index (κ2) is 5.72.